The van der Waals surface area contributed by atoms with Gasteiger partial charge in [0.05, 0.1) is 5.69 Å². The standard InChI is InChI=1S/C31H26FN7/c32-27-11-10-24-18-26(22-4-2-1-3-5-22)30(38-31(24)36-27)23-8-6-21(7-9-23)20-39-16-13-25(14-17-39)35-28-12-15-34-29(19-33)37-28/h1-12,15,18,25H,13-14,16-17,20H2,(H,34,35,37). The number of halogens is 1. The highest BCUT2D eigenvalue weighted by Gasteiger charge is 2.20. The van der Waals surface area contributed by atoms with Crippen LogP contribution < -0.4 is 5.32 Å². The van der Waals surface area contributed by atoms with E-state index in [9.17, 15) is 4.39 Å². The molecule has 0 saturated carbocycles. The summed E-state index contributed by atoms with van der Waals surface area (Å²) < 4.78 is 13.9. The zero-order chi connectivity index (χ0) is 26.6. The molecule has 6 rings (SSSR count). The van der Waals surface area contributed by atoms with Gasteiger partial charge in [0.25, 0.3) is 0 Å². The number of hydrogen-bond acceptors (Lipinski definition) is 7. The molecule has 8 heteroatoms. The summed E-state index contributed by atoms with van der Waals surface area (Å²) >= 11 is 0. The van der Waals surface area contributed by atoms with Crippen LogP contribution in [0.25, 0.3) is 33.4 Å². The fourth-order valence-electron chi connectivity index (χ4n) is 5.05. The van der Waals surface area contributed by atoms with E-state index in [2.05, 4.69) is 61.6 Å². The van der Waals surface area contributed by atoms with Gasteiger partial charge in [-0.15, -0.1) is 0 Å². The average Bonchev–Trinajstić information content (AvgIpc) is 2.98. The lowest BCUT2D eigenvalue weighted by atomic mass is 9.97. The van der Waals surface area contributed by atoms with Crippen molar-refractivity contribution in [2.75, 3.05) is 18.4 Å². The molecular weight excluding hydrogens is 489 g/mol. The third kappa shape index (κ3) is 5.59. The number of benzene rings is 2. The average molecular weight is 516 g/mol. The molecule has 2 aromatic carbocycles. The van der Waals surface area contributed by atoms with Crippen LogP contribution in [-0.4, -0.2) is 44.0 Å². The molecule has 4 heterocycles. The first-order chi connectivity index (χ1) is 19.1. The molecule has 0 atom stereocenters. The molecule has 5 aromatic rings. The molecule has 39 heavy (non-hydrogen) atoms. The topological polar surface area (TPSA) is 90.6 Å². The molecule has 0 radical (unpaired) electrons. The van der Waals surface area contributed by atoms with Gasteiger partial charge in [-0.2, -0.15) is 14.6 Å². The fourth-order valence-corrected chi connectivity index (χ4v) is 5.05. The van der Waals surface area contributed by atoms with Crippen molar-refractivity contribution in [1.82, 2.24) is 24.8 Å². The lowest BCUT2D eigenvalue weighted by molar-refractivity contribution is 0.211. The predicted octanol–water partition coefficient (Wildman–Crippen LogP) is 5.84. The Morgan fingerprint density at radius 3 is 2.46 bits per heavy atom. The quantitative estimate of drug-likeness (QED) is 0.284. The normalized spacial score (nSPS) is 14.3. The Kier molecular flexibility index (Phi) is 6.89. The molecule has 1 aliphatic heterocycles. The maximum absolute atomic E-state index is 13.9. The third-order valence-corrected chi connectivity index (χ3v) is 7.06. The van der Waals surface area contributed by atoms with Crippen LogP contribution in [0.5, 0.6) is 0 Å². The lowest BCUT2D eigenvalue weighted by Gasteiger charge is -2.32. The number of nitrogens with one attached hydrogen (secondary N) is 1. The van der Waals surface area contributed by atoms with Crippen molar-refractivity contribution in [3.63, 3.8) is 0 Å². The fraction of sp³-hybridized carbons (Fsp3) is 0.194. The Balaban J connectivity index is 1.16. The number of fused-ring (bicyclic) bond motifs is 1. The first-order valence-electron chi connectivity index (χ1n) is 13.0. The SMILES string of the molecule is N#Cc1nccc(NC2CCN(Cc3ccc(-c4nc5nc(F)ccc5cc4-c4ccccc4)cc3)CC2)n1. The first kappa shape index (κ1) is 24.6. The van der Waals surface area contributed by atoms with E-state index >= 15 is 0 Å². The monoisotopic (exact) mass is 515 g/mol. The summed E-state index contributed by atoms with van der Waals surface area (Å²) in [6.45, 7) is 2.80. The Labute approximate surface area is 226 Å². The van der Waals surface area contributed by atoms with E-state index in [1.54, 1.807) is 18.3 Å². The summed E-state index contributed by atoms with van der Waals surface area (Å²) in [7, 11) is 0. The number of rotatable bonds is 6. The van der Waals surface area contributed by atoms with Gasteiger partial charge in [0.1, 0.15) is 11.9 Å². The second-order valence-corrected chi connectivity index (χ2v) is 9.70. The maximum Gasteiger partial charge on any atom is 0.234 e. The Morgan fingerprint density at radius 2 is 1.69 bits per heavy atom. The number of nitriles is 1. The van der Waals surface area contributed by atoms with Crippen LogP contribution in [0.3, 0.4) is 0 Å². The van der Waals surface area contributed by atoms with Crippen molar-refractivity contribution in [2.24, 2.45) is 0 Å². The van der Waals surface area contributed by atoms with Crippen molar-refractivity contribution in [3.05, 3.63) is 102 Å². The van der Waals surface area contributed by atoms with Crippen LogP contribution in [0.1, 0.15) is 24.2 Å². The van der Waals surface area contributed by atoms with E-state index in [4.69, 9.17) is 10.2 Å². The highest BCUT2D eigenvalue weighted by atomic mass is 19.1. The van der Waals surface area contributed by atoms with Crippen LogP contribution in [0.15, 0.2) is 85.1 Å². The van der Waals surface area contributed by atoms with Gasteiger partial charge in [0, 0.05) is 48.4 Å². The van der Waals surface area contributed by atoms with Gasteiger partial charge in [-0.1, -0.05) is 54.6 Å². The molecule has 1 aliphatic rings. The van der Waals surface area contributed by atoms with E-state index in [1.165, 1.54) is 11.6 Å². The van der Waals surface area contributed by atoms with Crippen LogP contribution in [0.4, 0.5) is 10.2 Å². The highest BCUT2D eigenvalue weighted by Crippen LogP contribution is 2.33. The number of likely N-dealkylation sites (tertiary alicyclic amines) is 1. The van der Waals surface area contributed by atoms with E-state index in [0.717, 1.165) is 60.2 Å². The smallest absolute Gasteiger partial charge is 0.234 e. The molecule has 3 aromatic heterocycles. The molecule has 1 N–H and O–H groups in total. The molecular formula is C31H26FN7. The van der Waals surface area contributed by atoms with Crippen molar-refractivity contribution in [2.45, 2.75) is 25.4 Å². The molecule has 0 bridgehead atoms. The summed E-state index contributed by atoms with van der Waals surface area (Å²) in [6.07, 6.45) is 3.60. The van der Waals surface area contributed by atoms with Gasteiger partial charge in [-0.05, 0) is 48.2 Å². The summed E-state index contributed by atoms with van der Waals surface area (Å²) in [6, 6.07) is 27.8. The van der Waals surface area contributed by atoms with E-state index in [-0.39, 0.29) is 5.82 Å². The highest BCUT2D eigenvalue weighted by molar-refractivity contribution is 5.90. The second-order valence-electron chi connectivity index (χ2n) is 9.70. The zero-order valence-electron chi connectivity index (χ0n) is 21.3. The Hall–Kier alpha value is -4.74. The second kappa shape index (κ2) is 10.9. The van der Waals surface area contributed by atoms with Crippen LogP contribution in [0.2, 0.25) is 0 Å². The first-order valence-corrected chi connectivity index (χ1v) is 13.0. The van der Waals surface area contributed by atoms with Gasteiger partial charge in [0.15, 0.2) is 5.65 Å². The largest absolute Gasteiger partial charge is 0.367 e. The van der Waals surface area contributed by atoms with E-state index in [1.807, 2.05) is 30.3 Å². The molecule has 0 unspecified atom stereocenters. The minimum Gasteiger partial charge on any atom is -0.367 e. The maximum atomic E-state index is 13.9. The Morgan fingerprint density at radius 1 is 0.897 bits per heavy atom. The molecule has 0 amide bonds. The molecule has 1 fully saturated rings. The summed E-state index contributed by atoms with van der Waals surface area (Å²) in [5.41, 5.74) is 5.42. The van der Waals surface area contributed by atoms with E-state index < -0.39 is 5.95 Å². The van der Waals surface area contributed by atoms with Gasteiger partial charge >= 0.3 is 0 Å². The number of anilines is 1. The van der Waals surface area contributed by atoms with Gasteiger partial charge in [0.2, 0.25) is 11.8 Å². The van der Waals surface area contributed by atoms with E-state index in [0.29, 0.717) is 17.5 Å². The number of nitrogens with zero attached hydrogens (tertiary/aromatic N) is 6. The van der Waals surface area contributed by atoms with Crippen molar-refractivity contribution < 1.29 is 4.39 Å². The molecule has 1 saturated heterocycles. The molecule has 0 aliphatic carbocycles. The zero-order valence-corrected chi connectivity index (χ0v) is 21.3. The lowest BCUT2D eigenvalue weighted by Crippen LogP contribution is -2.38. The van der Waals surface area contributed by atoms with Crippen molar-refractivity contribution >= 4 is 16.9 Å². The van der Waals surface area contributed by atoms with Crippen molar-refractivity contribution in [1.29, 1.82) is 5.26 Å². The third-order valence-electron chi connectivity index (χ3n) is 7.06. The Bertz CT molecular complexity index is 1640. The van der Waals surface area contributed by atoms with Crippen LogP contribution >= 0.6 is 0 Å². The molecule has 7 nitrogen and oxygen atoms in total. The summed E-state index contributed by atoms with van der Waals surface area (Å²) in [4.78, 5) is 19.4. The van der Waals surface area contributed by atoms with Crippen LogP contribution in [-0.2, 0) is 6.54 Å². The summed E-state index contributed by atoms with van der Waals surface area (Å²) in [5, 5.41) is 13.3. The number of piperidine rings is 1. The van der Waals surface area contributed by atoms with Gasteiger partial charge in [-0.3, -0.25) is 4.90 Å². The number of hydrogen-bond donors (Lipinski definition) is 1. The van der Waals surface area contributed by atoms with Gasteiger partial charge in [-0.25, -0.2) is 15.0 Å². The summed E-state index contributed by atoms with van der Waals surface area (Å²) in [5.74, 6) is 0.344. The number of aromatic nitrogens is 4. The predicted molar refractivity (Wildman–Crippen MR) is 149 cm³/mol. The minimum atomic E-state index is -0.535. The van der Waals surface area contributed by atoms with Crippen molar-refractivity contribution in [3.8, 4) is 28.5 Å². The molecule has 192 valence electrons. The molecule has 0 spiro atoms. The van der Waals surface area contributed by atoms with Crippen LogP contribution in [0, 0.1) is 17.3 Å². The number of pyridine rings is 2. The van der Waals surface area contributed by atoms with Gasteiger partial charge < -0.3 is 5.32 Å². The minimum absolute atomic E-state index is 0.180.